The van der Waals surface area contributed by atoms with Crippen LogP contribution in [-0.2, 0) is 30.3 Å². The molecule has 2 aromatic carbocycles. The fraction of sp³-hybridized carbons (Fsp3) is 0.636. The van der Waals surface area contributed by atoms with Gasteiger partial charge in [-0.15, -0.1) is 11.8 Å². The van der Waals surface area contributed by atoms with Crippen molar-refractivity contribution in [1.29, 1.82) is 0 Å². The quantitative estimate of drug-likeness (QED) is 0.134. The number of likely N-dealkylation sites (tertiary alicyclic amines) is 1. The number of rotatable bonds is 21. The topological polar surface area (TPSA) is 132 Å². The minimum absolute atomic E-state index is 0.0153. The number of phenols is 1. The van der Waals surface area contributed by atoms with Crippen LogP contribution in [0.5, 0.6) is 5.75 Å². The molecule has 2 aromatic rings. The van der Waals surface area contributed by atoms with Gasteiger partial charge < -0.3 is 30.3 Å². The van der Waals surface area contributed by atoms with E-state index < -0.39 is 30.1 Å². The molecule has 56 heavy (non-hydrogen) atoms. The van der Waals surface area contributed by atoms with Crippen molar-refractivity contribution in [3.05, 3.63) is 60.2 Å². The van der Waals surface area contributed by atoms with E-state index in [9.17, 15) is 24.3 Å². The number of likely N-dealkylation sites (N-methyl/N-ethyl adjacent to an activating group) is 2. The Morgan fingerprint density at radius 3 is 2.20 bits per heavy atom. The number of nitrogens with zero attached hydrogens (tertiary/aromatic N) is 3. The Balaban J connectivity index is 1.86. The second kappa shape index (κ2) is 22.4. The molecule has 0 bridgehead atoms. The number of amides is 4. The summed E-state index contributed by atoms with van der Waals surface area (Å²) in [5.74, 6) is -1.03. The average Bonchev–Trinajstić information content (AvgIpc) is 3.65. The highest BCUT2D eigenvalue weighted by Gasteiger charge is 2.43. The minimum atomic E-state index is -0.757. The van der Waals surface area contributed by atoms with E-state index in [1.807, 2.05) is 94.9 Å². The van der Waals surface area contributed by atoms with Crippen LogP contribution in [-0.4, -0.2) is 120 Å². The molecule has 3 rings (SSSR count). The van der Waals surface area contributed by atoms with Crippen LogP contribution in [0.25, 0.3) is 0 Å². The van der Waals surface area contributed by atoms with Gasteiger partial charge in [0.2, 0.25) is 23.6 Å². The maximum atomic E-state index is 14.5. The maximum Gasteiger partial charge on any atom is 0.245 e. The average molecular weight is 796 g/mol. The predicted molar refractivity (Wildman–Crippen MR) is 225 cm³/mol. The van der Waals surface area contributed by atoms with Crippen LogP contribution in [0.15, 0.2) is 59.5 Å². The van der Waals surface area contributed by atoms with Crippen LogP contribution in [0, 0.1) is 23.7 Å². The molecule has 3 N–H and O–H groups in total. The number of thioether (sulfide) groups is 1. The van der Waals surface area contributed by atoms with Gasteiger partial charge in [0, 0.05) is 49.4 Å². The summed E-state index contributed by atoms with van der Waals surface area (Å²) in [7, 11) is 7.06. The van der Waals surface area contributed by atoms with Gasteiger partial charge in [0.05, 0.1) is 24.6 Å². The second-order valence-corrected chi connectivity index (χ2v) is 17.6. The third-order valence-corrected chi connectivity index (χ3v) is 12.8. The first-order chi connectivity index (χ1) is 26.5. The summed E-state index contributed by atoms with van der Waals surface area (Å²) in [6, 6.07) is 15.2. The zero-order chi connectivity index (χ0) is 41.7. The smallest absolute Gasteiger partial charge is 0.245 e. The number of ether oxygens (including phenoxy) is 1. The number of carbonyl (C=O) groups is 4. The molecule has 1 saturated heterocycles. The van der Waals surface area contributed by atoms with Crippen molar-refractivity contribution in [2.45, 2.75) is 121 Å². The van der Waals surface area contributed by atoms with E-state index in [4.69, 9.17) is 4.74 Å². The molecular formula is C44H69N5O6S. The normalized spacial score (nSPS) is 18.2. The lowest BCUT2D eigenvalue weighted by atomic mass is 9.89. The molecule has 1 heterocycles. The summed E-state index contributed by atoms with van der Waals surface area (Å²) >= 11 is 1.52. The maximum absolute atomic E-state index is 14.5. The first-order valence-corrected chi connectivity index (χ1v) is 21.2. The van der Waals surface area contributed by atoms with E-state index >= 15 is 0 Å². The van der Waals surface area contributed by atoms with Crippen molar-refractivity contribution in [3.63, 3.8) is 0 Å². The van der Waals surface area contributed by atoms with Crippen LogP contribution in [0.2, 0.25) is 0 Å². The van der Waals surface area contributed by atoms with Gasteiger partial charge in [-0.1, -0.05) is 91.3 Å². The molecule has 0 aliphatic carbocycles. The molecular weight excluding hydrogens is 727 g/mol. The third kappa shape index (κ3) is 12.7. The van der Waals surface area contributed by atoms with Gasteiger partial charge in [0.1, 0.15) is 11.8 Å². The monoisotopic (exact) mass is 795 g/mol. The van der Waals surface area contributed by atoms with E-state index in [0.29, 0.717) is 19.5 Å². The Morgan fingerprint density at radius 2 is 1.62 bits per heavy atom. The van der Waals surface area contributed by atoms with Gasteiger partial charge in [-0.3, -0.25) is 24.1 Å². The van der Waals surface area contributed by atoms with E-state index in [1.165, 1.54) is 11.8 Å². The highest BCUT2D eigenvalue weighted by atomic mass is 32.2. The van der Waals surface area contributed by atoms with Gasteiger partial charge in [-0.2, -0.15) is 0 Å². The molecule has 11 nitrogen and oxygen atoms in total. The zero-order valence-electron chi connectivity index (χ0n) is 35.7. The van der Waals surface area contributed by atoms with Crippen LogP contribution in [0.3, 0.4) is 0 Å². The molecule has 1 aliphatic rings. The van der Waals surface area contributed by atoms with Crippen molar-refractivity contribution >= 4 is 35.4 Å². The number of aromatic hydroxyl groups is 1. The molecule has 0 saturated carbocycles. The Bertz CT molecular complexity index is 1550. The van der Waals surface area contributed by atoms with E-state index in [-0.39, 0.29) is 64.8 Å². The minimum Gasteiger partial charge on any atom is -0.508 e. The number of hydrogen-bond donors (Lipinski definition) is 3. The lowest BCUT2D eigenvalue weighted by Gasteiger charge is -2.41. The summed E-state index contributed by atoms with van der Waals surface area (Å²) in [5.41, 5.74) is 1.14. The second-order valence-electron chi connectivity index (χ2n) is 16.4. The van der Waals surface area contributed by atoms with Crippen LogP contribution >= 0.6 is 11.8 Å². The summed E-state index contributed by atoms with van der Waals surface area (Å²) in [6.45, 7) is 14.9. The zero-order valence-corrected chi connectivity index (χ0v) is 36.5. The number of phenolic OH excluding ortho intramolecular Hbond substituents is 1. The van der Waals surface area contributed by atoms with Crippen LogP contribution in [0.1, 0.15) is 79.7 Å². The number of benzene rings is 2. The Hall–Kier alpha value is -3.61. The van der Waals surface area contributed by atoms with Crippen molar-refractivity contribution < 1.29 is 29.0 Å². The standard InChI is InChI=1S/C44H69N5O6S/c1-12-30(6)40(48(10)44(54)38(28(2)3)46-43(53)39(29(4)5)47(8)9)36(55-11)27-37(51)49-25-17-22-35(49)41(56-34-21-16-20-33(50)26-34)31(7)42(52)45-24-23-32-18-14-13-15-19-32/h13-16,18-21,26,28-31,35-36,38-41,50H,12,17,22-25,27H2,1-11H3,(H,45,52)(H,46,53). The molecule has 8 atom stereocenters. The number of nitrogens with one attached hydrogen (secondary N) is 2. The number of methoxy groups -OCH3 is 1. The fourth-order valence-electron chi connectivity index (χ4n) is 8.08. The van der Waals surface area contributed by atoms with E-state index in [1.54, 1.807) is 37.3 Å². The summed E-state index contributed by atoms with van der Waals surface area (Å²) in [4.78, 5) is 62.3. The first-order valence-electron chi connectivity index (χ1n) is 20.3. The molecule has 1 fully saturated rings. The number of carbonyl (C=O) groups excluding carboxylic acids is 4. The molecule has 0 aromatic heterocycles. The van der Waals surface area contributed by atoms with Gasteiger partial charge in [-0.25, -0.2) is 0 Å². The SMILES string of the molecule is CCC(C)C(C(CC(=O)N1CCCC1C(Sc1cccc(O)c1)C(C)C(=O)NCCc1ccccc1)OC)N(C)C(=O)C(NC(=O)C(C(C)C)N(C)C)C(C)C. The van der Waals surface area contributed by atoms with Crippen molar-refractivity contribution in [1.82, 2.24) is 25.3 Å². The van der Waals surface area contributed by atoms with E-state index in [0.717, 1.165) is 29.7 Å². The summed E-state index contributed by atoms with van der Waals surface area (Å²) < 4.78 is 6.10. The van der Waals surface area contributed by atoms with Crippen LogP contribution in [0.4, 0.5) is 0 Å². The predicted octanol–water partition coefficient (Wildman–Crippen LogP) is 5.84. The highest BCUT2D eigenvalue weighted by Crippen LogP contribution is 2.38. The molecule has 0 spiro atoms. The van der Waals surface area contributed by atoms with E-state index in [2.05, 4.69) is 24.5 Å². The fourth-order valence-corrected chi connectivity index (χ4v) is 9.51. The van der Waals surface area contributed by atoms with Gasteiger partial charge in [0.25, 0.3) is 0 Å². The van der Waals surface area contributed by atoms with Crippen molar-refractivity contribution in [2.24, 2.45) is 23.7 Å². The molecule has 12 heteroatoms. The van der Waals surface area contributed by atoms with Gasteiger partial charge in [-0.05, 0) is 74.9 Å². The number of hydrogen-bond acceptors (Lipinski definition) is 8. The first kappa shape index (κ1) is 46.8. The van der Waals surface area contributed by atoms with Gasteiger partial charge >= 0.3 is 0 Å². The third-order valence-electron chi connectivity index (χ3n) is 11.3. The molecule has 0 radical (unpaired) electrons. The molecule has 1 aliphatic heterocycles. The molecule has 8 unspecified atom stereocenters. The lowest BCUT2D eigenvalue weighted by Crippen LogP contribution is -2.59. The Labute approximate surface area is 340 Å². The highest BCUT2D eigenvalue weighted by molar-refractivity contribution is 8.00. The lowest BCUT2D eigenvalue weighted by molar-refractivity contribution is -0.146. The van der Waals surface area contributed by atoms with Crippen molar-refractivity contribution in [2.75, 3.05) is 41.3 Å². The Morgan fingerprint density at radius 1 is 0.946 bits per heavy atom. The summed E-state index contributed by atoms with van der Waals surface area (Å²) in [6.07, 6.45) is 2.42. The summed E-state index contributed by atoms with van der Waals surface area (Å²) in [5, 5.41) is 16.2. The largest absolute Gasteiger partial charge is 0.508 e. The molecule has 312 valence electrons. The van der Waals surface area contributed by atoms with Gasteiger partial charge in [0.15, 0.2) is 0 Å². The van der Waals surface area contributed by atoms with Crippen molar-refractivity contribution in [3.8, 4) is 5.75 Å². The molecule has 4 amide bonds. The van der Waals surface area contributed by atoms with Crippen LogP contribution < -0.4 is 10.6 Å². The Kier molecular flexibility index (Phi) is 18.7.